The van der Waals surface area contributed by atoms with Crippen molar-refractivity contribution >= 4 is 29.9 Å². The maximum atomic E-state index is 5.60. The number of rotatable bonds is 5. The smallest absolute Gasteiger partial charge is 0.214 e. The van der Waals surface area contributed by atoms with E-state index in [0.29, 0.717) is 18.4 Å². The van der Waals surface area contributed by atoms with Gasteiger partial charge in [0.15, 0.2) is 5.96 Å². The van der Waals surface area contributed by atoms with Gasteiger partial charge in [0.25, 0.3) is 0 Å². The number of guanidine groups is 1. The Bertz CT molecular complexity index is 702. The van der Waals surface area contributed by atoms with Gasteiger partial charge in [0, 0.05) is 13.6 Å². The Hall–Kier alpha value is -1.57. The predicted octanol–water partition coefficient (Wildman–Crippen LogP) is 4.55. The number of aliphatic imine (C=N–C) groups is 1. The number of benzene rings is 1. The minimum absolute atomic E-state index is 0. The Kier molecular flexibility index (Phi) is 8.60. The van der Waals surface area contributed by atoms with E-state index in [0.717, 1.165) is 29.9 Å². The third-order valence-electron chi connectivity index (χ3n) is 5.38. The summed E-state index contributed by atoms with van der Waals surface area (Å²) in [7, 11) is 1.80. The molecule has 3 rings (SSSR count). The Balaban J connectivity index is 0.00000261. The van der Waals surface area contributed by atoms with Crippen LogP contribution in [0, 0.1) is 19.8 Å². The van der Waals surface area contributed by atoms with E-state index in [9.17, 15) is 0 Å². The van der Waals surface area contributed by atoms with Gasteiger partial charge in [-0.1, -0.05) is 30.3 Å². The molecule has 0 bridgehead atoms. The van der Waals surface area contributed by atoms with Crippen LogP contribution in [0.1, 0.15) is 54.5 Å². The van der Waals surface area contributed by atoms with Crippen LogP contribution in [0.25, 0.3) is 0 Å². The van der Waals surface area contributed by atoms with Crippen molar-refractivity contribution in [1.29, 1.82) is 0 Å². The van der Waals surface area contributed by atoms with Crippen molar-refractivity contribution in [2.24, 2.45) is 10.9 Å². The van der Waals surface area contributed by atoms with E-state index in [-0.39, 0.29) is 24.0 Å². The normalized spacial score (nSPS) is 20.0. The van der Waals surface area contributed by atoms with Gasteiger partial charge in [0.2, 0.25) is 5.89 Å². The third-order valence-corrected chi connectivity index (χ3v) is 5.38. The van der Waals surface area contributed by atoms with Crippen LogP contribution in [0.5, 0.6) is 0 Å². The molecule has 1 fully saturated rings. The molecule has 2 aromatic rings. The molecule has 6 heteroatoms. The van der Waals surface area contributed by atoms with Crippen molar-refractivity contribution in [2.45, 2.75) is 52.0 Å². The SMILES string of the molecule is CN=C(NCc1nc(C)c(C)o1)NCC1CCC(c2ccccc2)CC1.I. The van der Waals surface area contributed by atoms with E-state index in [1.54, 1.807) is 7.05 Å². The molecule has 0 unspecified atom stereocenters. The fourth-order valence-corrected chi connectivity index (χ4v) is 3.66. The van der Waals surface area contributed by atoms with Crippen LogP contribution in [0.3, 0.4) is 0 Å². The summed E-state index contributed by atoms with van der Waals surface area (Å²) in [6.45, 7) is 5.41. The Morgan fingerprint density at radius 3 is 2.41 bits per heavy atom. The number of aromatic nitrogens is 1. The molecule has 1 saturated carbocycles. The minimum atomic E-state index is 0. The fraction of sp³-hybridized carbons (Fsp3) is 0.524. The average Bonchev–Trinajstić information content (AvgIpc) is 3.01. The van der Waals surface area contributed by atoms with Gasteiger partial charge in [0.05, 0.1) is 12.2 Å². The van der Waals surface area contributed by atoms with Crippen LogP contribution in [0.4, 0.5) is 0 Å². The van der Waals surface area contributed by atoms with Crippen molar-refractivity contribution < 1.29 is 4.42 Å². The molecule has 2 N–H and O–H groups in total. The maximum Gasteiger partial charge on any atom is 0.214 e. The van der Waals surface area contributed by atoms with Crippen LogP contribution in [0.2, 0.25) is 0 Å². The summed E-state index contributed by atoms with van der Waals surface area (Å²) in [4.78, 5) is 8.70. The van der Waals surface area contributed by atoms with E-state index in [2.05, 4.69) is 50.9 Å². The highest BCUT2D eigenvalue weighted by molar-refractivity contribution is 14.0. The topological polar surface area (TPSA) is 62.5 Å². The average molecular weight is 482 g/mol. The Labute approximate surface area is 179 Å². The van der Waals surface area contributed by atoms with Gasteiger partial charge in [-0.05, 0) is 56.9 Å². The summed E-state index contributed by atoms with van der Waals surface area (Å²) in [5.41, 5.74) is 2.44. The van der Waals surface area contributed by atoms with Crippen molar-refractivity contribution in [3.05, 3.63) is 53.2 Å². The fourth-order valence-electron chi connectivity index (χ4n) is 3.66. The van der Waals surface area contributed by atoms with Gasteiger partial charge in [-0.15, -0.1) is 24.0 Å². The molecule has 1 aliphatic carbocycles. The zero-order valence-electron chi connectivity index (χ0n) is 16.5. The number of nitrogens with one attached hydrogen (secondary N) is 2. The van der Waals surface area contributed by atoms with E-state index in [1.165, 1.54) is 31.2 Å². The van der Waals surface area contributed by atoms with Gasteiger partial charge in [-0.3, -0.25) is 4.99 Å². The van der Waals surface area contributed by atoms with Crippen LogP contribution >= 0.6 is 24.0 Å². The highest BCUT2D eigenvalue weighted by Crippen LogP contribution is 2.35. The lowest BCUT2D eigenvalue weighted by Gasteiger charge is -2.29. The van der Waals surface area contributed by atoms with Crippen LogP contribution in [-0.4, -0.2) is 24.5 Å². The first-order valence-corrected chi connectivity index (χ1v) is 9.58. The second kappa shape index (κ2) is 10.7. The number of nitrogens with zero attached hydrogens (tertiary/aromatic N) is 2. The lowest BCUT2D eigenvalue weighted by Crippen LogP contribution is -2.40. The monoisotopic (exact) mass is 482 g/mol. The van der Waals surface area contributed by atoms with Gasteiger partial charge >= 0.3 is 0 Å². The van der Waals surface area contributed by atoms with Crippen LogP contribution in [0.15, 0.2) is 39.7 Å². The van der Waals surface area contributed by atoms with Gasteiger partial charge in [-0.25, -0.2) is 4.98 Å². The lowest BCUT2D eigenvalue weighted by atomic mass is 9.79. The zero-order chi connectivity index (χ0) is 18.4. The molecule has 1 heterocycles. The summed E-state index contributed by atoms with van der Waals surface area (Å²) < 4.78 is 5.60. The van der Waals surface area contributed by atoms with E-state index >= 15 is 0 Å². The Morgan fingerprint density at radius 2 is 1.81 bits per heavy atom. The minimum Gasteiger partial charge on any atom is -0.444 e. The number of hydrogen-bond donors (Lipinski definition) is 2. The molecule has 1 aromatic carbocycles. The molecule has 27 heavy (non-hydrogen) atoms. The summed E-state index contributed by atoms with van der Waals surface area (Å²) in [6, 6.07) is 10.9. The lowest BCUT2D eigenvalue weighted by molar-refractivity contribution is 0.324. The first-order valence-electron chi connectivity index (χ1n) is 9.58. The van der Waals surface area contributed by atoms with Gasteiger partial charge in [0.1, 0.15) is 5.76 Å². The largest absolute Gasteiger partial charge is 0.444 e. The van der Waals surface area contributed by atoms with E-state index in [4.69, 9.17) is 4.42 Å². The molecule has 0 saturated heterocycles. The van der Waals surface area contributed by atoms with Gasteiger partial charge in [-0.2, -0.15) is 0 Å². The molecule has 0 amide bonds. The number of halogens is 1. The summed E-state index contributed by atoms with van der Waals surface area (Å²) in [5, 5.41) is 6.74. The third kappa shape index (κ3) is 6.23. The first kappa shape index (κ1) is 21.7. The highest BCUT2D eigenvalue weighted by atomic mass is 127. The molecule has 0 atom stereocenters. The van der Waals surface area contributed by atoms with E-state index < -0.39 is 0 Å². The molecule has 0 spiro atoms. The molecule has 148 valence electrons. The first-order chi connectivity index (χ1) is 12.7. The highest BCUT2D eigenvalue weighted by Gasteiger charge is 2.22. The van der Waals surface area contributed by atoms with Crippen molar-refractivity contribution in [1.82, 2.24) is 15.6 Å². The summed E-state index contributed by atoms with van der Waals surface area (Å²) in [6.07, 6.45) is 5.08. The molecular weight excluding hydrogens is 451 g/mol. The number of aryl methyl sites for hydroxylation is 2. The molecule has 5 nitrogen and oxygen atoms in total. The van der Waals surface area contributed by atoms with Crippen LogP contribution < -0.4 is 10.6 Å². The number of oxazole rings is 1. The number of hydrogen-bond acceptors (Lipinski definition) is 3. The standard InChI is InChI=1S/C21H30N4O.HI/c1-15-16(2)26-20(25-15)14-24-21(22-3)23-13-17-9-11-19(12-10-17)18-7-5-4-6-8-18;/h4-8,17,19H,9-14H2,1-3H3,(H2,22,23,24);1H. The maximum absolute atomic E-state index is 5.60. The Morgan fingerprint density at radius 1 is 1.11 bits per heavy atom. The van der Waals surface area contributed by atoms with E-state index in [1.807, 2.05) is 13.8 Å². The molecule has 0 aliphatic heterocycles. The van der Waals surface area contributed by atoms with Crippen molar-refractivity contribution in [2.75, 3.05) is 13.6 Å². The predicted molar refractivity (Wildman–Crippen MR) is 121 cm³/mol. The molecule has 0 radical (unpaired) electrons. The molecule has 1 aliphatic rings. The molecular formula is C21H31IN4O. The molecule has 1 aromatic heterocycles. The van der Waals surface area contributed by atoms with Crippen molar-refractivity contribution in [3.63, 3.8) is 0 Å². The summed E-state index contributed by atoms with van der Waals surface area (Å²) in [5.74, 6) is 3.82. The second-order valence-electron chi connectivity index (χ2n) is 7.18. The van der Waals surface area contributed by atoms with Crippen molar-refractivity contribution in [3.8, 4) is 0 Å². The quantitative estimate of drug-likeness (QED) is 0.373. The second-order valence-corrected chi connectivity index (χ2v) is 7.18. The summed E-state index contributed by atoms with van der Waals surface area (Å²) >= 11 is 0. The van der Waals surface area contributed by atoms with Gasteiger partial charge < -0.3 is 15.1 Å². The van der Waals surface area contributed by atoms with Crippen LogP contribution in [-0.2, 0) is 6.54 Å². The zero-order valence-corrected chi connectivity index (χ0v) is 18.8.